The Morgan fingerprint density at radius 2 is 2.28 bits per heavy atom. The molecule has 0 saturated heterocycles. The third-order valence-electron chi connectivity index (χ3n) is 2.76. The van der Waals surface area contributed by atoms with Gasteiger partial charge in [-0.3, -0.25) is 4.79 Å². The van der Waals surface area contributed by atoms with E-state index in [1.807, 2.05) is 12.3 Å². The van der Waals surface area contributed by atoms with Crippen LogP contribution in [0.3, 0.4) is 0 Å². The number of nitrogens with one attached hydrogen (secondary N) is 1. The Kier molecular flexibility index (Phi) is 5.16. The summed E-state index contributed by atoms with van der Waals surface area (Å²) in [6, 6.07) is 1.74. The molecule has 0 bridgehead atoms. The van der Waals surface area contributed by atoms with Crippen molar-refractivity contribution in [3.63, 3.8) is 0 Å². The third kappa shape index (κ3) is 3.99. The standard InChI is InChI=1S/C13H22N2O2S/c1-9(2)6-13(3,8-14)15-12(16)11-5-10(17-4)7-18-11/h5,7,9H,6,8,14H2,1-4H3,(H,15,16). The number of hydrogen-bond acceptors (Lipinski definition) is 4. The number of ether oxygens (including phenoxy) is 1. The smallest absolute Gasteiger partial charge is 0.261 e. The number of hydrogen-bond donors (Lipinski definition) is 2. The molecule has 3 N–H and O–H groups in total. The Morgan fingerprint density at radius 1 is 1.61 bits per heavy atom. The van der Waals surface area contributed by atoms with Gasteiger partial charge in [0.25, 0.3) is 5.91 Å². The number of carbonyl (C=O) groups is 1. The summed E-state index contributed by atoms with van der Waals surface area (Å²) in [6.45, 7) is 6.65. The van der Waals surface area contributed by atoms with Crippen molar-refractivity contribution in [2.45, 2.75) is 32.7 Å². The highest BCUT2D eigenvalue weighted by Gasteiger charge is 2.26. The molecule has 1 aromatic rings. The lowest BCUT2D eigenvalue weighted by Gasteiger charge is -2.31. The molecule has 102 valence electrons. The first-order valence-corrected chi connectivity index (χ1v) is 6.93. The fourth-order valence-corrected chi connectivity index (χ4v) is 2.72. The summed E-state index contributed by atoms with van der Waals surface area (Å²) in [5, 5.41) is 4.84. The summed E-state index contributed by atoms with van der Waals surface area (Å²) >= 11 is 1.37. The third-order valence-corrected chi connectivity index (χ3v) is 3.67. The van der Waals surface area contributed by atoms with Crippen LogP contribution < -0.4 is 15.8 Å². The molecular weight excluding hydrogens is 248 g/mol. The SMILES string of the molecule is COc1csc(C(=O)NC(C)(CN)CC(C)C)c1. The predicted octanol–water partition coefficient (Wildman–Crippen LogP) is 2.25. The van der Waals surface area contributed by atoms with Crippen molar-refractivity contribution in [2.24, 2.45) is 11.7 Å². The van der Waals surface area contributed by atoms with Crippen molar-refractivity contribution < 1.29 is 9.53 Å². The summed E-state index contributed by atoms with van der Waals surface area (Å²) in [5.74, 6) is 1.11. The molecule has 5 heteroatoms. The Bertz CT molecular complexity index is 403. The van der Waals surface area contributed by atoms with Gasteiger partial charge >= 0.3 is 0 Å². The average molecular weight is 270 g/mol. The van der Waals surface area contributed by atoms with Gasteiger partial charge in [-0.25, -0.2) is 0 Å². The largest absolute Gasteiger partial charge is 0.496 e. The van der Waals surface area contributed by atoms with Crippen molar-refractivity contribution in [3.8, 4) is 5.75 Å². The van der Waals surface area contributed by atoms with E-state index in [9.17, 15) is 4.79 Å². The van der Waals surface area contributed by atoms with E-state index in [4.69, 9.17) is 10.5 Å². The average Bonchev–Trinajstić information content (AvgIpc) is 2.76. The summed E-state index contributed by atoms with van der Waals surface area (Å²) in [6.07, 6.45) is 0.859. The van der Waals surface area contributed by atoms with Gasteiger partial charge in [0.05, 0.1) is 17.5 Å². The molecule has 1 amide bonds. The number of thiophene rings is 1. The van der Waals surface area contributed by atoms with E-state index in [0.717, 1.165) is 6.42 Å². The predicted molar refractivity (Wildman–Crippen MR) is 75.3 cm³/mol. The highest BCUT2D eigenvalue weighted by molar-refractivity contribution is 7.12. The monoisotopic (exact) mass is 270 g/mol. The van der Waals surface area contributed by atoms with E-state index in [0.29, 0.717) is 23.1 Å². The summed E-state index contributed by atoms with van der Waals surface area (Å²) in [4.78, 5) is 12.8. The topological polar surface area (TPSA) is 64.3 Å². The maximum atomic E-state index is 12.1. The van der Waals surface area contributed by atoms with Gasteiger partial charge in [-0.05, 0) is 19.3 Å². The highest BCUT2D eigenvalue weighted by Crippen LogP contribution is 2.22. The fourth-order valence-electron chi connectivity index (χ4n) is 1.97. The van der Waals surface area contributed by atoms with E-state index < -0.39 is 0 Å². The van der Waals surface area contributed by atoms with Gasteiger partial charge in [-0.15, -0.1) is 11.3 Å². The number of rotatable bonds is 6. The fraction of sp³-hybridized carbons (Fsp3) is 0.615. The lowest BCUT2D eigenvalue weighted by Crippen LogP contribution is -2.52. The first kappa shape index (κ1) is 15.0. The van der Waals surface area contributed by atoms with E-state index >= 15 is 0 Å². The van der Waals surface area contributed by atoms with E-state index in [-0.39, 0.29) is 11.4 Å². The van der Waals surface area contributed by atoms with Gasteiger partial charge in [-0.2, -0.15) is 0 Å². The molecule has 1 unspecified atom stereocenters. The van der Waals surface area contributed by atoms with Gasteiger partial charge in [-0.1, -0.05) is 13.8 Å². The van der Waals surface area contributed by atoms with E-state index in [1.165, 1.54) is 11.3 Å². The molecule has 1 atom stereocenters. The van der Waals surface area contributed by atoms with Gasteiger partial charge in [0, 0.05) is 18.0 Å². The quantitative estimate of drug-likeness (QED) is 0.833. The lowest BCUT2D eigenvalue weighted by molar-refractivity contribution is 0.0902. The molecule has 0 saturated carbocycles. The van der Waals surface area contributed by atoms with Crippen LogP contribution in [-0.2, 0) is 0 Å². The Hall–Kier alpha value is -1.07. The molecule has 4 nitrogen and oxygen atoms in total. The second kappa shape index (κ2) is 6.20. The van der Waals surface area contributed by atoms with Crippen LogP contribution in [0.2, 0.25) is 0 Å². The van der Waals surface area contributed by atoms with Gasteiger partial charge in [0.2, 0.25) is 0 Å². The molecule has 0 spiro atoms. The molecule has 0 aliphatic carbocycles. The zero-order chi connectivity index (χ0) is 13.8. The highest BCUT2D eigenvalue weighted by atomic mass is 32.1. The zero-order valence-electron chi connectivity index (χ0n) is 11.4. The molecule has 0 aliphatic rings. The van der Waals surface area contributed by atoms with Crippen LogP contribution in [-0.4, -0.2) is 25.1 Å². The summed E-state index contributed by atoms with van der Waals surface area (Å²) in [7, 11) is 1.59. The van der Waals surface area contributed by atoms with Crippen LogP contribution in [0, 0.1) is 5.92 Å². The second-order valence-corrected chi connectivity index (χ2v) is 6.08. The van der Waals surface area contributed by atoms with Crippen LogP contribution in [0.5, 0.6) is 5.75 Å². The minimum atomic E-state index is -0.359. The number of nitrogens with two attached hydrogens (primary N) is 1. The van der Waals surface area contributed by atoms with Crippen LogP contribution in [0.25, 0.3) is 0 Å². The van der Waals surface area contributed by atoms with E-state index in [1.54, 1.807) is 13.2 Å². The van der Waals surface area contributed by atoms with Crippen LogP contribution >= 0.6 is 11.3 Å². The van der Waals surface area contributed by atoms with Crippen LogP contribution in [0.1, 0.15) is 36.9 Å². The molecule has 1 heterocycles. The number of methoxy groups -OCH3 is 1. The minimum Gasteiger partial charge on any atom is -0.496 e. The molecule has 1 aromatic heterocycles. The van der Waals surface area contributed by atoms with Crippen molar-refractivity contribution in [2.75, 3.05) is 13.7 Å². The second-order valence-electron chi connectivity index (χ2n) is 5.17. The number of carbonyl (C=O) groups excluding carboxylic acids is 1. The Balaban J connectivity index is 2.72. The maximum Gasteiger partial charge on any atom is 0.261 e. The minimum absolute atomic E-state index is 0.0862. The van der Waals surface area contributed by atoms with Crippen LogP contribution in [0.4, 0.5) is 0 Å². The molecule has 18 heavy (non-hydrogen) atoms. The molecule has 0 aromatic carbocycles. The normalized spacial score (nSPS) is 14.3. The maximum absolute atomic E-state index is 12.1. The summed E-state index contributed by atoms with van der Waals surface area (Å²) < 4.78 is 5.07. The zero-order valence-corrected chi connectivity index (χ0v) is 12.3. The number of amides is 1. The van der Waals surface area contributed by atoms with Crippen molar-refractivity contribution in [1.82, 2.24) is 5.32 Å². The molecule has 1 rings (SSSR count). The Labute approximate surface area is 113 Å². The summed E-state index contributed by atoms with van der Waals surface area (Å²) in [5.41, 5.74) is 5.42. The molecule has 0 aliphatic heterocycles. The van der Waals surface area contributed by atoms with Crippen molar-refractivity contribution >= 4 is 17.2 Å². The Morgan fingerprint density at radius 3 is 2.72 bits per heavy atom. The van der Waals surface area contributed by atoms with Crippen molar-refractivity contribution in [1.29, 1.82) is 0 Å². The van der Waals surface area contributed by atoms with Crippen molar-refractivity contribution in [3.05, 3.63) is 16.3 Å². The first-order chi connectivity index (χ1) is 8.40. The van der Waals surface area contributed by atoms with Gasteiger partial charge in [0.1, 0.15) is 5.75 Å². The molecule has 0 fully saturated rings. The van der Waals surface area contributed by atoms with Crippen LogP contribution in [0.15, 0.2) is 11.4 Å². The van der Waals surface area contributed by atoms with Gasteiger partial charge in [0.15, 0.2) is 0 Å². The first-order valence-electron chi connectivity index (χ1n) is 6.05. The molecule has 0 radical (unpaired) electrons. The molecular formula is C13H22N2O2S. The van der Waals surface area contributed by atoms with Gasteiger partial charge < -0.3 is 15.8 Å². The van der Waals surface area contributed by atoms with E-state index in [2.05, 4.69) is 19.2 Å². The lowest BCUT2D eigenvalue weighted by atomic mass is 9.90.